The molecule has 0 saturated carbocycles. The number of hydrogen-bond donors (Lipinski definition) is 2. The van der Waals surface area contributed by atoms with Gasteiger partial charge in [0.25, 0.3) is 0 Å². The number of Topliss-reactive ketones (excluding diaryl/α,β-unsaturated/α-hetero) is 1. The Bertz CT molecular complexity index is 788. The minimum Gasteiger partial charge on any atom is -0.493 e. The third kappa shape index (κ3) is 3.18. The highest BCUT2D eigenvalue weighted by Crippen LogP contribution is 2.35. The molecule has 24 heavy (non-hydrogen) atoms. The fraction of sp³-hybridized carbons (Fsp3) is 0.312. The first-order valence-corrected chi connectivity index (χ1v) is 8.26. The van der Waals surface area contributed by atoms with Gasteiger partial charge in [0.05, 0.1) is 30.5 Å². The molecular formula is C16H17N3O4S. The zero-order valence-electron chi connectivity index (χ0n) is 13.3. The van der Waals surface area contributed by atoms with Gasteiger partial charge in [0, 0.05) is 6.42 Å². The second kappa shape index (κ2) is 6.88. The van der Waals surface area contributed by atoms with Crippen LogP contribution in [0.5, 0.6) is 11.5 Å². The van der Waals surface area contributed by atoms with Gasteiger partial charge < -0.3 is 14.8 Å². The van der Waals surface area contributed by atoms with Gasteiger partial charge in [-0.15, -0.1) is 0 Å². The molecule has 0 unspecified atom stereocenters. The Hall–Kier alpha value is -2.61. The van der Waals surface area contributed by atoms with Crippen LogP contribution >= 0.6 is 11.3 Å². The monoisotopic (exact) mass is 347 g/mol. The molecule has 2 amide bonds. The number of carbonyl (C=O) groups is 2. The second-order valence-corrected chi connectivity index (χ2v) is 6.19. The number of hydrogen-bond acceptors (Lipinski definition) is 6. The van der Waals surface area contributed by atoms with Crippen LogP contribution in [0.4, 0.5) is 15.6 Å². The lowest BCUT2D eigenvalue weighted by molar-refractivity contribution is 0.0976. The van der Waals surface area contributed by atoms with Crippen molar-refractivity contribution >= 4 is 34.0 Å². The normalized spacial score (nSPS) is 13.2. The highest BCUT2D eigenvalue weighted by atomic mass is 32.1. The number of carbonyl (C=O) groups excluding carboxylic acids is 2. The maximum atomic E-state index is 12.2. The molecule has 2 aromatic rings. The third-order valence-corrected chi connectivity index (χ3v) is 4.69. The predicted octanol–water partition coefficient (Wildman–Crippen LogP) is 3.32. The number of aromatic nitrogens is 1. The Morgan fingerprint density at radius 2 is 2.04 bits per heavy atom. The molecule has 8 heteroatoms. The van der Waals surface area contributed by atoms with Gasteiger partial charge in [0.15, 0.2) is 22.4 Å². The molecule has 0 fully saturated rings. The van der Waals surface area contributed by atoms with Crippen molar-refractivity contribution in [3.8, 4) is 11.5 Å². The van der Waals surface area contributed by atoms with E-state index < -0.39 is 6.03 Å². The number of methoxy groups -OCH3 is 2. The molecule has 3 rings (SSSR count). The van der Waals surface area contributed by atoms with Gasteiger partial charge in [0.2, 0.25) is 0 Å². The summed E-state index contributed by atoms with van der Waals surface area (Å²) in [6, 6.07) is 4.73. The van der Waals surface area contributed by atoms with E-state index in [2.05, 4.69) is 15.6 Å². The highest BCUT2D eigenvalue weighted by Gasteiger charge is 2.23. The Kier molecular flexibility index (Phi) is 4.66. The number of fused-ring (bicyclic) bond motifs is 1. The summed E-state index contributed by atoms with van der Waals surface area (Å²) in [6.45, 7) is 0. The van der Waals surface area contributed by atoms with E-state index in [4.69, 9.17) is 9.47 Å². The van der Waals surface area contributed by atoms with Crippen LogP contribution < -0.4 is 20.1 Å². The van der Waals surface area contributed by atoms with Crippen molar-refractivity contribution in [3.05, 3.63) is 28.8 Å². The summed E-state index contributed by atoms with van der Waals surface area (Å²) in [5, 5.41) is 5.78. The number of ketones is 1. The van der Waals surface area contributed by atoms with Gasteiger partial charge in [-0.2, -0.15) is 0 Å². The van der Waals surface area contributed by atoms with Crippen LogP contribution in [0, 0.1) is 0 Å². The third-order valence-electron chi connectivity index (χ3n) is 3.64. The molecule has 1 aromatic heterocycles. The summed E-state index contributed by atoms with van der Waals surface area (Å²) in [6.07, 6.45) is 2.12. The lowest BCUT2D eigenvalue weighted by Gasteiger charge is -2.13. The van der Waals surface area contributed by atoms with E-state index in [0.717, 1.165) is 18.5 Å². The molecule has 0 bridgehead atoms. The number of urea groups is 1. The van der Waals surface area contributed by atoms with Crippen molar-refractivity contribution in [2.24, 2.45) is 0 Å². The largest absolute Gasteiger partial charge is 0.493 e. The van der Waals surface area contributed by atoms with Crippen LogP contribution in [-0.4, -0.2) is 31.0 Å². The number of thiazole rings is 1. The molecule has 1 aliphatic carbocycles. The van der Waals surface area contributed by atoms with Crippen LogP contribution in [0.1, 0.15) is 28.2 Å². The van der Waals surface area contributed by atoms with E-state index in [-0.39, 0.29) is 5.78 Å². The molecule has 0 spiro atoms. The van der Waals surface area contributed by atoms with Crippen LogP contribution in [0.2, 0.25) is 0 Å². The van der Waals surface area contributed by atoms with Crippen molar-refractivity contribution < 1.29 is 19.1 Å². The topological polar surface area (TPSA) is 89.5 Å². The smallest absolute Gasteiger partial charge is 0.325 e. The van der Waals surface area contributed by atoms with Crippen LogP contribution in [0.15, 0.2) is 18.2 Å². The Morgan fingerprint density at radius 3 is 2.75 bits per heavy atom. The number of benzene rings is 1. The quantitative estimate of drug-likeness (QED) is 0.885. The number of amides is 2. The molecule has 126 valence electrons. The second-order valence-electron chi connectivity index (χ2n) is 5.19. The minimum atomic E-state index is -0.458. The van der Waals surface area contributed by atoms with Gasteiger partial charge in [-0.3, -0.25) is 10.1 Å². The van der Waals surface area contributed by atoms with Gasteiger partial charge in [-0.25, -0.2) is 9.78 Å². The number of nitrogens with one attached hydrogen (secondary N) is 2. The molecule has 1 heterocycles. The summed E-state index contributed by atoms with van der Waals surface area (Å²) >= 11 is 1.21. The van der Waals surface area contributed by atoms with Gasteiger partial charge >= 0.3 is 6.03 Å². The maximum Gasteiger partial charge on any atom is 0.325 e. The van der Waals surface area contributed by atoms with Gasteiger partial charge in [0.1, 0.15) is 0 Å². The molecule has 0 aliphatic heterocycles. The molecule has 0 atom stereocenters. The molecule has 0 radical (unpaired) electrons. The van der Waals surface area contributed by atoms with E-state index in [0.29, 0.717) is 33.6 Å². The maximum absolute atomic E-state index is 12.2. The number of ether oxygens (including phenoxy) is 2. The molecule has 0 saturated heterocycles. The minimum absolute atomic E-state index is 0.0941. The van der Waals surface area contributed by atoms with Crippen LogP contribution in [0.3, 0.4) is 0 Å². The SMILES string of the molecule is COc1cccc(NC(=O)Nc2nc3c(s2)C(=O)CCC3)c1OC. The van der Waals surface area contributed by atoms with Gasteiger partial charge in [-0.05, 0) is 25.0 Å². The Labute approximate surface area is 143 Å². The molecule has 1 aliphatic rings. The predicted molar refractivity (Wildman–Crippen MR) is 91.6 cm³/mol. The summed E-state index contributed by atoms with van der Waals surface area (Å²) in [5.74, 6) is 1.05. The highest BCUT2D eigenvalue weighted by molar-refractivity contribution is 7.17. The first-order valence-electron chi connectivity index (χ1n) is 7.44. The first kappa shape index (κ1) is 16.3. The van der Waals surface area contributed by atoms with Crippen LogP contribution in [-0.2, 0) is 6.42 Å². The van der Waals surface area contributed by atoms with E-state index in [1.807, 2.05) is 0 Å². The average molecular weight is 347 g/mol. The van der Waals surface area contributed by atoms with Crippen molar-refractivity contribution in [1.29, 1.82) is 0 Å². The fourth-order valence-corrected chi connectivity index (χ4v) is 3.53. The van der Waals surface area contributed by atoms with Crippen molar-refractivity contribution in [2.45, 2.75) is 19.3 Å². The number of rotatable bonds is 4. The van der Waals surface area contributed by atoms with E-state index in [1.165, 1.54) is 25.6 Å². The zero-order valence-corrected chi connectivity index (χ0v) is 14.2. The number of aryl methyl sites for hydroxylation is 1. The summed E-state index contributed by atoms with van der Waals surface area (Å²) in [4.78, 5) is 29.0. The van der Waals surface area contributed by atoms with Crippen molar-refractivity contribution in [3.63, 3.8) is 0 Å². The lowest BCUT2D eigenvalue weighted by atomic mass is 10.0. The molecule has 7 nitrogen and oxygen atoms in total. The zero-order chi connectivity index (χ0) is 17.1. The van der Waals surface area contributed by atoms with Crippen molar-refractivity contribution in [2.75, 3.05) is 24.9 Å². The summed E-state index contributed by atoms with van der Waals surface area (Å²) in [5.41, 5.74) is 1.25. The average Bonchev–Trinajstić information content (AvgIpc) is 2.98. The molecular weight excluding hydrogens is 330 g/mol. The van der Waals surface area contributed by atoms with Crippen LogP contribution in [0.25, 0.3) is 0 Å². The fourth-order valence-electron chi connectivity index (χ4n) is 2.56. The number of para-hydroxylation sites is 1. The van der Waals surface area contributed by atoms with E-state index in [9.17, 15) is 9.59 Å². The number of nitrogens with zero attached hydrogens (tertiary/aromatic N) is 1. The summed E-state index contributed by atoms with van der Waals surface area (Å²) in [7, 11) is 3.03. The van der Waals surface area contributed by atoms with Gasteiger partial charge in [-0.1, -0.05) is 17.4 Å². The Balaban J connectivity index is 1.74. The lowest BCUT2D eigenvalue weighted by Crippen LogP contribution is -2.19. The molecule has 1 aromatic carbocycles. The summed E-state index contributed by atoms with van der Waals surface area (Å²) < 4.78 is 10.5. The Morgan fingerprint density at radius 1 is 1.21 bits per heavy atom. The first-order chi connectivity index (χ1) is 11.6. The number of anilines is 2. The molecule has 2 N–H and O–H groups in total. The van der Waals surface area contributed by atoms with E-state index in [1.54, 1.807) is 18.2 Å². The standard InChI is InChI=1S/C16H17N3O4S/c1-22-12-8-4-5-9(13(12)23-2)17-15(21)19-16-18-10-6-3-7-11(20)14(10)24-16/h4-5,8H,3,6-7H2,1-2H3,(H2,17,18,19,21). The van der Waals surface area contributed by atoms with E-state index >= 15 is 0 Å². The van der Waals surface area contributed by atoms with Crippen molar-refractivity contribution in [1.82, 2.24) is 4.98 Å².